The Morgan fingerprint density at radius 1 is 1.25 bits per heavy atom. The number of nitrogens with one attached hydrogen (secondary N) is 1. The van der Waals surface area contributed by atoms with E-state index in [9.17, 15) is 4.79 Å². The zero-order valence-corrected chi connectivity index (χ0v) is 12.9. The number of halogens is 1. The molecule has 3 nitrogen and oxygen atoms in total. The molecule has 1 aromatic heterocycles. The smallest absolute Gasteiger partial charge is 0.252 e. The van der Waals surface area contributed by atoms with Crippen LogP contribution in [0.4, 0.5) is 0 Å². The van der Waals surface area contributed by atoms with Crippen LogP contribution in [0, 0.1) is 0 Å². The molecule has 1 amide bonds. The zero-order valence-electron chi connectivity index (χ0n) is 11.3. The van der Waals surface area contributed by atoms with Gasteiger partial charge in [-0.05, 0) is 46.0 Å². The first kappa shape index (κ1) is 14.7. The monoisotopic (exact) mass is 332 g/mol. The molecule has 0 saturated carbocycles. The quantitative estimate of drug-likeness (QED) is 0.847. The van der Waals surface area contributed by atoms with Gasteiger partial charge in [0.1, 0.15) is 4.60 Å². The van der Waals surface area contributed by atoms with Gasteiger partial charge in [0.05, 0.1) is 5.56 Å². The van der Waals surface area contributed by atoms with Crippen LogP contribution in [0.1, 0.15) is 35.2 Å². The topological polar surface area (TPSA) is 42.0 Å². The number of amides is 1. The summed E-state index contributed by atoms with van der Waals surface area (Å²) in [7, 11) is 0. The lowest BCUT2D eigenvalue weighted by molar-refractivity contribution is 0.0952. The number of carbonyl (C=O) groups is 1. The maximum Gasteiger partial charge on any atom is 0.252 e. The highest BCUT2D eigenvalue weighted by Gasteiger charge is 2.08. The summed E-state index contributed by atoms with van der Waals surface area (Å²) in [5.41, 5.74) is 1.88. The number of hydrogen-bond donors (Lipinski definition) is 1. The van der Waals surface area contributed by atoms with Crippen molar-refractivity contribution < 1.29 is 4.79 Å². The second kappa shape index (κ2) is 7.20. The normalized spacial score (nSPS) is 11.9. The van der Waals surface area contributed by atoms with Crippen molar-refractivity contribution in [2.45, 2.75) is 19.3 Å². The van der Waals surface area contributed by atoms with Gasteiger partial charge in [0.2, 0.25) is 0 Å². The minimum absolute atomic E-state index is 0.0785. The van der Waals surface area contributed by atoms with Crippen LogP contribution in [-0.2, 0) is 0 Å². The number of nitrogens with zero attached hydrogens (tertiary/aromatic N) is 1. The highest BCUT2D eigenvalue weighted by Crippen LogP contribution is 2.17. The molecule has 104 valence electrons. The Balaban J connectivity index is 1.81. The Morgan fingerprint density at radius 2 is 2.00 bits per heavy atom. The highest BCUT2D eigenvalue weighted by atomic mass is 79.9. The summed E-state index contributed by atoms with van der Waals surface area (Å²) in [5, 5.41) is 2.92. The molecule has 4 heteroatoms. The molecular formula is C16H17BrN2O. The van der Waals surface area contributed by atoms with E-state index in [0.717, 1.165) is 11.0 Å². The molecular weight excluding hydrogens is 316 g/mol. The third-order valence-corrected chi connectivity index (χ3v) is 3.69. The SMILES string of the molecule is CC(CCNC(=O)c1ccc(Br)nc1)c1ccccc1. The molecule has 2 aromatic rings. The maximum absolute atomic E-state index is 11.9. The summed E-state index contributed by atoms with van der Waals surface area (Å²) in [6.45, 7) is 2.83. The molecule has 1 heterocycles. The van der Waals surface area contributed by atoms with E-state index in [0.29, 0.717) is 18.0 Å². The van der Waals surface area contributed by atoms with Crippen LogP contribution >= 0.6 is 15.9 Å². The van der Waals surface area contributed by atoms with Gasteiger partial charge in [-0.15, -0.1) is 0 Å². The molecule has 0 saturated heterocycles. The minimum atomic E-state index is -0.0785. The lowest BCUT2D eigenvalue weighted by Crippen LogP contribution is -2.25. The largest absolute Gasteiger partial charge is 0.352 e. The van der Waals surface area contributed by atoms with Gasteiger partial charge in [0.15, 0.2) is 0 Å². The molecule has 1 atom stereocenters. The summed E-state index contributed by atoms with van der Waals surface area (Å²) >= 11 is 3.25. The third kappa shape index (κ3) is 4.17. The van der Waals surface area contributed by atoms with E-state index in [1.54, 1.807) is 18.3 Å². The zero-order chi connectivity index (χ0) is 14.4. The molecule has 0 aliphatic rings. The minimum Gasteiger partial charge on any atom is -0.352 e. The van der Waals surface area contributed by atoms with Crippen molar-refractivity contribution in [3.05, 3.63) is 64.4 Å². The van der Waals surface area contributed by atoms with E-state index < -0.39 is 0 Å². The fraction of sp³-hybridized carbons (Fsp3) is 0.250. The first-order valence-corrected chi connectivity index (χ1v) is 7.41. The van der Waals surface area contributed by atoms with Gasteiger partial charge in [0.25, 0.3) is 5.91 Å². The van der Waals surface area contributed by atoms with Gasteiger partial charge in [-0.25, -0.2) is 4.98 Å². The Labute approximate surface area is 127 Å². The van der Waals surface area contributed by atoms with Crippen LogP contribution in [0.15, 0.2) is 53.3 Å². The predicted molar refractivity (Wildman–Crippen MR) is 83.7 cm³/mol. The molecule has 1 N–H and O–H groups in total. The van der Waals surface area contributed by atoms with Gasteiger partial charge in [-0.3, -0.25) is 4.79 Å². The Kier molecular flexibility index (Phi) is 5.30. The Bertz CT molecular complexity index is 554. The number of hydrogen-bond acceptors (Lipinski definition) is 2. The van der Waals surface area contributed by atoms with Gasteiger partial charge in [-0.2, -0.15) is 0 Å². The first-order valence-electron chi connectivity index (χ1n) is 6.61. The van der Waals surface area contributed by atoms with Gasteiger partial charge >= 0.3 is 0 Å². The first-order chi connectivity index (χ1) is 9.66. The van der Waals surface area contributed by atoms with E-state index in [2.05, 4.69) is 45.3 Å². The molecule has 0 aliphatic carbocycles. The van der Waals surface area contributed by atoms with E-state index in [4.69, 9.17) is 0 Å². The van der Waals surface area contributed by atoms with E-state index in [-0.39, 0.29) is 5.91 Å². The fourth-order valence-electron chi connectivity index (χ4n) is 1.96. The number of carbonyl (C=O) groups excluding carboxylic acids is 1. The van der Waals surface area contributed by atoms with Crippen LogP contribution in [0.3, 0.4) is 0 Å². The summed E-state index contributed by atoms with van der Waals surface area (Å²) in [6.07, 6.45) is 2.49. The predicted octanol–water partition coefficient (Wildman–Crippen LogP) is 3.77. The van der Waals surface area contributed by atoms with Gasteiger partial charge < -0.3 is 5.32 Å². The molecule has 0 fully saturated rings. The van der Waals surface area contributed by atoms with Gasteiger partial charge in [0, 0.05) is 12.7 Å². The third-order valence-electron chi connectivity index (χ3n) is 3.22. The number of aromatic nitrogens is 1. The summed E-state index contributed by atoms with van der Waals surface area (Å²) in [6, 6.07) is 13.8. The van der Waals surface area contributed by atoms with Crippen molar-refractivity contribution >= 4 is 21.8 Å². The molecule has 0 spiro atoms. The van der Waals surface area contributed by atoms with E-state index in [1.165, 1.54) is 5.56 Å². The molecule has 0 aliphatic heterocycles. The van der Waals surface area contributed by atoms with Crippen molar-refractivity contribution in [3.63, 3.8) is 0 Å². The van der Waals surface area contributed by atoms with Crippen LogP contribution in [-0.4, -0.2) is 17.4 Å². The Morgan fingerprint density at radius 3 is 2.65 bits per heavy atom. The number of rotatable bonds is 5. The second-order valence-electron chi connectivity index (χ2n) is 4.73. The summed E-state index contributed by atoms with van der Waals surface area (Å²) in [4.78, 5) is 16.0. The summed E-state index contributed by atoms with van der Waals surface area (Å²) in [5.74, 6) is 0.352. The lowest BCUT2D eigenvalue weighted by atomic mass is 9.98. The van der Waals surface area contributed by atoms with Crippen molar-refractivity contribution in [2.24, 2.45) is 0 Å². The van der Waals surface area contributed by atoms with Crippen LogP contribution in [0.25, 0.3) is 0 Å². The number of pyridine rings is 1. The average Bonchev–Trinajstić information content (AvgIpc) is 2.48. The van der Waals surface area contributed by atoms with Gasteiger partial charge in [-0.1, -0.05) is 37.3 Å². The second-order valence-corrected chi connectivity index (χ2v) is 5.54. The van der Waals surface area contributed by atoms with Crippen LogP contribution < -0.4 is 5.32 Å². The summed E-state index contributed by atoms with van der Waals surface area (Å²) < 4.78 is 0.728. The van der Waals surface area contributed by atoms with E-state index in [1.807, 2.05) is 18.2 Å². The molecule has 2 rings (SSSR count). The fourth-order valence-corrected chi connectivity index (χ4v) is 2.20. The number of benzene rings is 1. The van der Waals surface area contributed by atoms with Crippen molar-refractivity contribution in [3.8, 4) is 0 Å². The maximum atomic E-state index is 11.9. The highest BCUT2D eigenvalue weighted by molar-refractivity contribution is 9.10. The van der Waals surface area contributed by atoms with Crippen molar-refractivity contribution in [1.29, 1.82) is 0 Å². The standard InChI is InChI=1S/C16H17BrN2O/c1-12(13-5-3-2-4-6-13)9-10-18-16(20)14-7-8-15(17)19-11-14/h2-8,11-12H,9-10H2,1H3,(H,18,20). The molecule has 0 bridgehead atoms. The van der Waals surface area contributed by atoms with Crippen molar-refractivity contribution in [2.75, 3.05) is 6.54 Å². The van der Waals surface area contributed by atoms with Crippen LogP contribution in [0.2, 0.25) is 0 Å². The molecule has 1 unspecified atom stereocenters. The molecule has 1 aromatic carbocycles. The van der Waals surface area contributed by atoms with Crippen LogP contribution in [0.5, 0.6) is 0 Å². The van der Waals surface area contributed by atoms with E-state index >= 15 is 0 Å². The molecule has 20 heavy (non-hydrogen) atoms. The van der Waals surface area contributed by atoms with Crippen molar-refractivity contribution in [1.82, 2.24) is 10.3 Å². The molecule has 0 radical (unpaired) electrons. The lowest BCUT2D eigenvalue weighted by Gasteiger charge is -2.12. The Hall–Kier alpha value is -1.68. The average molecular weight is 333 g/mol.